The molecule has 0 aromatic heterocycles. The number of carboxylic acid groups (broad SMARTS) is 1. The third-order valence-corrected chi connectivity index (χ3v) is 3.36. The predicted molar refractivity (Wildman–Crippen MR) is 66.3 cm³/mol. The van der Waals surface area contributed by atoms with Crippen molar-refractivity contribution in [3.05, 3.63) is 0 Å². The number of ether oxygens (including phenoxy) is 1. The van der Waals surface area contributed by atoms with Crippen LogP contribution in [-0.2, 0) is 14.3 Å². The summed E-state index contributed by atoms with van der Waals surface area (Å²) in [6.45, 7) is 3.75. The number of carboxylic acids is 1. The average Bonchev–Trinajstić information content (AvgIpc) is 2.76. The number of rotatable bonds is 7. The van der Waals surface area contributed by atoms with Gasteiger partial charge in [0.1, 0.15) is 6.04 Å². The molecular weight excluding hydrogens is 236 g/mol. The molecule has 1 aliphatic heterocycles. The average molecular weight is 258 g/mol. The van der Waals surface area contributed by atoms with Crippen LogP contribution in [-0.4, -0.2) is 49.8 Å². The van der Waals surface area contributed by atoms with Gasteiger partial charge in [-0.3, -0.25) is 4.79 Å². The van der Waals surface area contributed by atoms with Gasteiger partial charge < -0.3 is 20.5 Å². The van der Waals surface area contributed by atoms with Crippen molar-refractivity contribution in [3.8, 4) is 0 Å². The summed E-state index contributed by atoms with van der Waals surface area (Å²) in [7, 11) is 1.57. The van der Waals surface area contributed by atoms with E-state index in [2.05, 4.69) is 10.6 Å². The third kappa shape index (κ3) is 3.96. The Morgan fingerprint density at radius 3 is 2.78 bits per heavy atom. The normalized spacial score (nSPS) is 24.8. The largest absolute Gasteiger partial charge is 0.480 e. The molecule has 0 aromatic rings. The Morgan fingerprint density at radius 1 is 1.56 bits per heavy atom. The Labute approximate surface area is 107 Å². The monoisotopic (exact) mass is 258 g/mol. The Hall–Kier alpha value is -1.14. The molecule has 18 heavy (non-hydrogen) atoms. The lowest BCUT2D eigenvalue weighted by Gasteiger charge is -2.24. The number of carbonyl (C=O) groups is 2. The lowest BCUT2D eigenvalue weighted by Crippen LogP contribution is -2.48. The minimum atomic E-state index is -0.992. The van der Waals surface area contributed by atoms with Gasteiger partial charge in [-0.25, -0.2) is 4.79 Å². The van der Waals surface area contributed by atoms with Gasteiger partial charge in [0.05, 0.1) is 5.41 Å². The molecule has 2 unspecified atom stereocenters. The zero-order chi connectivity index (χ0) is 13.6. The first-order valence-electron chi connectivity index (χ1n) is 6.23. The number of methoxy groups -OCH3 is 1. The topological polar surface area (TPSA) is 87.7 Å². The molecule has 6 nitrogen and oxygen atoms in total. The molecule has 0 aromatic carbocycles. The fourth-order valence-electron chi connectivity index (χ4n) is 2.03. The van der Waals surface area contributed by atoms with E-state index >= 15 is 0 Å². The molecule has 0 bridgehead atoms. The second kappa shape index (κ2) is 6.70. The highest BCUT2D eigenvalue weighted by atomic mass is 16.5. The number of aliphatic carboxylic acids is 1. The van der Waals surface area contributed by atoms with Gasteiger partial charge in [-0.05, 0) is 32.7 Å². The molecule has 6 heteroatoms. The highest BCUT2D eigenvalue weighted by Gasteiger charge is 2.37. The molecule has 3 N–H and O–H groups in total. The highest BCUT2D eigenvalue weighted by Crippen LogP contribution is 2.24. The van der Waals surface area contributed by atoms with Crippen LogP contribution in [0.25, 0.3) is 0 Å². The van der Waals surface area contributed by atoms with Crippen LogP contribution in [0, 0.1) is 5.41 Å². The zero-order valence-corrected chi connectivity index (χ0v) is 11.0. The maximum atomic E-state index is 12.1. The predicted octanol–water partition coefficient (Wildman–Crippen LogP) is -0.0180. The molecule has 1 saturated heterocycles. The summed E-state index contributed by atoms with van der Waals surface area (Å²) in [4.78, 5) is 23.1. The van der Waals surface area contributed by atoms with E-state index in [4.69, 9.17) is 9.84 Å². The number of amides is 1. The summed E-state index contributed by atoms with van der Waals surface area (Å²) >= 11 is 0. The van der Waals surface area contributed by atoms with Gasteiger partial charge in [0.2, 0.25) is 5.91 Å². The number of carbonyl (C=O) groups excluding carboxylic acids is 1. The second-order valence-corrected chi connectivity index (χ2v) is 4.99. The van der Waals surface area contributed by atoms with Gasteiger partial charge in [-0.15, -0.1) is 0 Å². The second-order valence-electron chi connectivity index (χ2n) is 4.99. The molecular formula is C12H22N2O4. The molecule has 1 amide bonds. The van der Waals surface area contributed by atoms with Crippen LogP contribution >= 0.6 is 0 Å². The van der Waals surface area contributed by atoms with Crippen LogP contribution < -0.4 is 10.6 Å². The fourth-order valence-corrected chi connectivity index (χ4v) is 2.03. The lowest BCUT2D eigenvalue weighted by molar-refractivity contribution is -0.143. The van der Waals surface area contributed by atoms with Crippen molar-refractivity contribution < 1.29 is 19.4 Å². The van der Waals surface area contributed by atoms with Gasteiger partial charge in [-0.2, -0.15) is 0 Å². The minimum absolute atomic E-state index is 0.183. The van der Waals surface area contributed by atoms with Crippen molar-refractivity contribution in [2.75, 3.05) is 26.8 Å². The summed E-state index contributed by atoms with van der Waals surface area (Å²) in [5.74, 6) is -1.17. The molecule has 1 fully saturated rings. The van der Waals surface area contributed by atoms with Crippen LogP contribution in [0.4, 0.5) is 0 Å². The van der Waals surface area contributed by atoms with Gasteiger partial charge in [0.25, 0.3) is 0 Å². The summed E-state index contributed by atoms with van der Waals surface area (Å²) in [5, 5.41) is 14.8. The summed E-state index contributed by atoms with van der Waals surface area (Å²) in [5.41, 5.74) is -0.491. The molecule has 1 heterocycles. The molecule has 0 radical (unpaired) electrons. The molecule has 1 aliphatic rings. The van der Waals surface area contributed by atoms with Crippen LogP contribution in [0.5, 0.6) is 0 Å². The van der Waals surface area contributed by atoms with Crippen molar-refractivity contribution in [2.24, 2.45) is 5.41 Å². The van der Waals surface area contributed by atoms with E-state index in [0.717, 1.165) is 13.0 Å². The quantitative estimate of drug-likeness (QED) is 0.559. The van der Waals surface area contributed by atoms with E-state index in [1.807, 2.05) is 6.92 Å². The first-order valence-corrected chi connectivity index (χ1v) is 6.23. The maximum absolute atomic E-state index is 12.1. The van der Waals surface area contributed by atoms with Crippen molar-refractivity contribution in [2.45, 2.75) is 32.2 Å². The summed E-state index contributed by atoms with van der Waals surface area (Å²) in [6.07, 6.45) is 1.74. The molecule has 104 valence electrons. The zero-order valence-electron chi connectivity index (χ0n) is 11.0. The van der Waals surface area contributed by atoms with Crippen molar-refractivity contribution in [1.29, 1.82) is 0 Å². The van der Waals surface area contributed by atoms with Gasteiger partial charge >= 0.3 is 5.97 Å². The Bertz CT molecular complexity index is 300. The minimum Gasteiger partial charge on any atom is -0.480 e. The fraction of sp³-hybridized carbons (Fsp3) is 0.833. The van der Waals surface area contributed by atoms with Gasteiger partial charge in [0.15, 0.2) is 0 Å². The smallest absolute Gasteiger partial charge is 0.326 e. The maximum Gasteiger partial charge on any atom is 0.326 e. The molecule has 0 aliphatic carbocycles. The van der Waals surface area contributed by atoms with Crippen molar-refractivity contribution in [3.63, 3.8) is 0 Å². The number of hydrogen-bond donors (Lipinski definition) is 3. The van der Waals surface area contributed by atoms with Gasteiger partial charge in [-0.1, -0.05) is 0 Å². The van der Waals surface area contributed by atoms with Crippen LogP contribution in [0.15, 0.2) is 0 Å². The summed E-state index contributed by atoms with van der Waals surface area (Å²) in [6, 6.07) is -0.829. The molecule has 2 atom stereocenters. The van der Waals surface area contributed by atoms with Crippen LogP contribution in [0.3, 0.4) is 0 Å². The SMILES string of the molecule is COCCCC(NC(=O)C1(C)CCNC1)C(=O)O. The Balaban J connectivity index is 2.49. The molecule has 0 spiro atoms. The van der Waals surface area contributed by atoms with E-state index in [1.165, 1.54) is 0 Å². The van der Waals surface area contributed by atoms with Gasteiger partial charge in [0, 0.05) is 20.3 Å². The number of nitrogens with one attached hydrogen (secondary N) is 2. The summed E-state index contributed by atoms with van der Waals surface area (Å²) < 4.78 is 4.88. The molecule has 0 saturated carbocycles. The Kier molecular flexibility index (Phi) is 5.55. The molecule has 1 rings (SSSR count). The number of hydrogen-bond acceptors (Lipinski definition) is 4. The van der Waals surface area contributed by atoms with Crippen LogP contribution in [0.2, 0.25) is 0 Å². The van der Waals surface area contributed by atoms with Crippen LogP contribution in [0.1, 0.15) is 26.2 Å². The lowest BCUT2D eigenvalue weighted by atomic mass is 9.88. The first-order chi connectivity index (χ1) is 8.49. The van der Waals surface area contributed by atoms with E-state index in [9.17, 15) is 9.59 Å². The van der Waals surface area contributed by atoms with E-state index in [0.29, 0.717) is 26.0 Å². The van der Waals surface area contributed by atoms with Crippen molar-refractivity contribution >= 4 is 11.9 Å². The standard InChI is InChI=1S/C12H22N2O4/c1-12(5-6-13-8-12)11(17)14-9(10(15)16)4-3-7-18-2/h9,13H,3-8H2,1-2H3,(H,14,17)(H,15,16). The third-order valence-electron chi connectivity index (χ3n) is 3.36. The van der Waals surface area contributed by atoms with E-state index in [-0.39, 0.29) is 5.91 Å². The van der Waals surface area contributed by atoms with E-state index < -0.39 is 17.4 Å². The van der Waals surface area contributed by atoms with Crippen molar-refractivity contribution in [1.82, 2.24) is 10.6 Å². The van der Waals surface area contributed by atoms with E-state index in [1.54, 1.807) is 7.11 Å². The first kappa shape index (κ1) is 14.9. The Morgan fingerprint density at radius 2 is 2.28 bits per heavy atom. The highest BCUT2D eigenvalue weighted by molar-refractivity contribution is 5.87.